The van der Waals surface area contributed by atoms with E-state index in [1.54, 1.807) is 24.3 Å². The minimum atomic E-state index is -0.363. The molecule has 1 aliphatic heterocycles. The maximum atomic E-state index is 12.9. The van der Waals surface area contributed by atoms with E-state index in [0.29, 0.717) is 16.2 Å². The number of aryl methyl sites for hydroxylation is 1. The number of benzene rings is 2. The van der Waals surface area contributed by atoms with Crippen LogP contribution in [0.25, 0.3) is 5.57 Å². The van der Waals surface area contributed by atoms with Crippen LogP contribution in [0.1, 0.15) is 11.1 Å². The zero-order valence-electron chi connectivity index (χ0n) is 14.6. The second kappa shape index (κ2) is 7.72. The molecule has 0 unspecified atom stereocenters. The number of carbonyl (C=O) groups is 2. The van der Waals surface area contributed by atoms with Crippen LogP contribution in [-0.4, -0.2) is 37.0 Å². The molecular weight excluding hydrogens is 352 g/mol. The number of nitrogens with zero attached hydrogens (tertiary/aromatic N) is 1. The first-order valence-electron chi connectivity index (χ1n) is 8.20. The number of carbonyl (C=O) groups excluding carboxylic acids is 2. The van der Waals surface area contributed by atoms with E-state index >= 15 is 0 Å². The number of amides is 2. The molecule has 0 aromatic heterocycles. The summed E-state index contributed by atoms with van der Waals surface area (Å²) in [5, 5.41) is 3.68. The fourth-order valence-corrected chi connectivity index (χ4v) is 2.87. The molecular formula is C20H19ClN2O3. The Morgan fingerprint density at radius 2 is 1.65 bits per heavy atom. The molecule has 134 valence electrons. The number of nitrogens with one attached hydrogen (secondary N) is 1. The van der Waals surface area contributed by atoms with Crippen molar-refractivity contribution in [3.8, 4) is 0 Å². The molecule has 1 N–H and O–H groups in total. The Balaban J connectivity index is 2.02. The number of ether oxygens (including phenoxy) is 1. The van der Waals surface area contributed by atoms with Gasteiger partial charge in [0.25, 0.3) is 11.8 Å². The molecule has 1 aliphatic rings. The van der Waals surface area contributed by atoms with E-state index in [1.807, 2.05) is 31.2 Å². The summed E-state index contributed by atoms with van der Waals surface area (Å²) in [6.07, 6.45) is 0. The Labute approximate surface area is 157 Å². The highest BCUT2D eigenvalue weighted by Crippen LogP contribution is 2.31. The van der Waals surface area contributed by atoms with Gasteiger partial charge in [-0.1, -0.05) is 41.4 Å². The molecule has 1 heterocycles. The normalized spacial score (nSPS) is 14.3. The number of imide groups is 1. The quantitative estimate of drug-likeness (QED) is 0.791. The largest absolute Gasteiger partial charge is 0.383 e. The molecule has 0 aliphatic carbocycles. The van der Waals surface area contributed by atoms with Crippen LogP contribution in [0, 0.1) is 6.92 Å². The Hall–Kier alpha value is -2.63. The van der Waals surface area contributed by atoms with Gasteiger partial charge in [-0.05, 0) is 36.8 Å². The summed E-state index contributed by atoms with van der Waals surface area (Å²) in [7, 11) is 1.53. The smallest absolute Gasteiger partial charge is 0.278 e. The van der Waals surface area contributed by atoms with Gasteiger partial charge in [-0.3, -0.25) is 14.5 Å². The Morgan fingerprint density at radius 1 is 1.00 bits per heavy atom. The molecule has 2 aromatic rings. The predicted molar refractivity (Wildman–Crippen MR) is 102 cm³/mol. The van der Waals surface area contributed by atoms with E-state index in [1.165, 1.54) is 12.0 Å². The fraction of sp³-hybridized carbons (Fsp3) is 0.200. The average Bonchev–Trinajstić information content (AvgIpc) is 2.86. The Bertz CT molecular complexity index is 858. The molecule has 0 radical (unpaired) electrons. The lowest BCUT2D eigenvalue weighted by Gasteiger charge is -2.14. The van der Waals surface area contributed by atoms with Crippen LogP contribution in [-0.2, 0) is 14.3 Å². The van der Waals surface area contributed by atoms with E-state index in [0.717, 1.165) is 11.3 Å². The van der Waals surface area contributed by atoms with E-state index < -0.39 is 0 Å². The summed E-state index contributed by atoms with van der Waals surface area (Å²) in [5.41, 5.74) is 3.09. The van der Waals surface area contributed by atoms with Gasteiger partial charge in [0.05, 0.1) is 18.7 Å². The second-order valence-electron chi connectivity index (χ2n) is 6.00. The van der Waals surface area contributed by atoms with E-state index in [9.17, 15) is 9.59 Å². The summed E-state index contributed by atoms with van der Waals surface area (Å²) >= 11 is 5.95. The van der Waals surface area contributed by atoms with Crippen LogP contribution < -0.4 is 5.32 Å². The number of hydrogen-bond donors (Lipinski definition) is 1. The van der Waals surface area contributed by atoms with Crippen LogP contribution >= 0.6 is 11.6 Å². The predicted octanol–water partition coefficient (Wildman–Crippen LogP) is 3.49. The number of hydrogen-bond acceptors (Lipinski definition) is 4. The van der Waals surface area contributed by atoms with Crippen molar-refractivity contribution >= 4 is 34.7 Å². The van der Waals surface area contributed by atoms with E-state index in [-0.39, 0.29) is 30.7 Å². The first kappa shape index (κ1) is 18.2. The zero-order valence-corrected chi connectivity index (χ0v) is 15.3. The molecule has 0 saturated heterocycles. The highest BCUT2D eigenvalue weighted by molar-refractivity contribution is 6.36. The van der Waals surface area contributed by atoms with Crippen molar-refractivity contribution in [2.24, 2.45) is 0 Å². The van der Waals surface area contributed by atoms with Crippen molar-refractivity contribution in [1.29, 1.82) is 0 Å². The third-order valence-electron chi connectivity index (χ3n) is 4.14. The third kappa shape index (κ3) is 3.64. The number of methoxy groups -OCH3 is 1. The molecule has 2 aromatic carbocycles. The van der Waals surface area contributed by atoms with Gasteiger partial charge in [-0.15, -0.1) is 0 Å². The van der Waals surface area contributed by atoms with Crippen molar-refractivity contribution < 1.29 is 14.3 Å². The standard InChI is InChI=1S/C20H19ClN2O3/c1-13-3-9-16(10-4-13)22-18-17(14-5-7-15(21)8-6-14)19(24)23(20(18)25)11-12-26-2/h3-10,22H,11-12H2,1-2H3. The second-order valence-corrected chi connectivity index (χ2v) is 6.44. The van der Waals surface area contributed by atoms with Gasteiger partial charge < -0.3 is 10.1 Å². The van der Waals surface area contributed by atoms with Gasteiger partial charge in [0.15, 0.2) is 0 Å². The SMILES string of the molecule is COCCN1C(=O)C(Nc2ccc(C)cc2)=C(c2ccc(Cl)cc2)C1=O. The van der Waals surface area contributed by atoms with Gasteiger partial charge >= 0.3 is 0 Å². The number of halogens is 1. The Kier molecular flexibility index (Phi) is 5.40. The minimum absolute atomic E-state index is 0.199. The first-order valence-corrected chi connectivity index (χ1v) is 8.58. The van der Waals surface area contributed by atoms with Crippen molar-refractivity contribution in [3.63, 3.8) is 0 Å². The molecule has 26 heavy (non-hydrogen) atoms. The zero-order chi connectivity index (χ0) is 18.7. The van der Waals surface area contributed by atoms with Crippen molar-refractivity contribution in [3.05, 3.63) is 70.4 Å². The lowest BCUT2D eigenvalue weighted by Crippen LogP contribution is -2.35. The maximum Gasteiger partial charge on any atom is 0.278 e. The van der Waals surface area contributed by atoms with Gasteiger partial charge in [-0.25, -0.2) is 0 Å². The molecule has 0 atom stereocenters. The van der Waals surface area contributed by atoms with E-state index in [4.69, 9.17) is 16.3 Å². The third-order valence-corrected chi connectivity index (χ3v) is 4.39. The van der Waals surface area contributed by atoms with Crippen LogP contribution in [0.5, 0.6) is 0 Å². The molecule has 6 heteroatoms. The van der Waals surface area contributed by atoms with Crippen molar-refractivity contribution in [2.75, 3.05) is 25.6 Å². The van der Waals surface area contributed by atoms with Crippen molar-refractivity contribution in [2.45, 2.75) is 6.92 Å². The first-order chi connectivity index (χ1) is 12.5. The lowest BCUT2D eigenvalue weighted by molar-refractivity contribution is -0.137. The Morgan fingerprint density at radius 3 is 2.27 bits per heavy atom. The monoisotopic (exact) mass is 370 g/mol. The number of anilines is 1. The van der Waals surface area contributed by atoms with Gasteiger partial charge in [-0.2, -0.15) is 0 Å². The molecule has 2 amide bonds. The molecule has 3 rings (SSSR count). The van der Waals surface area contributed by atoms with Gasteiger partial charge in [0.1, 0.15) is 5.70 Å². The molecule has 0 bridgehead atoms. The molecule has 0 saturated carbocycles. The number of rotatable bonds is 6. The highest BCUT2D eigenvalue weighted by Gasteiger charge is 2.38. The molecule has 0 fully saturated rings. The van der Waals surface area contributed by atoms with Crippen LogP contribution in [0.15, 0.2) is 54.2 Å². The maximum absolute atomic E-state index is 12.9. The topological polar surface area (TPSA) is 58.6 Å². The summed E-state index contributed by atoms with van der Waals surface area (Å²) in [6.45, 7) is 2.46. The molecule has 0 spiro atoms. The summed E-state index contributed by atoms with van der Waals surface area (Å²) < 4.78 is 5.02. The van der Waals surface area contributed by atoms with Crippen LogP contribution in [0.4, 0.5) is 5.69 Å². The minimum Gasteiger partial charge on any atom is -0.383 e. The van der Waals surface area contributed by atoms with Crippen LogP contribution in [0.2, 0.25) is 5.02 Å². The van der Waals surface area contributed by atoms with E-state index in [2.05, 4.69) is 5.32 Å². The average molecular weight is 371 g/mol. The van der Waals surface area contributed by atoms with Gasteiger partial charge in [0.2, 0.25) is 0 Å². The van der Waals surface area contributed by atoms with Crippen LogP contribution in [0.3, 0.4) is 0 Å². The highest BCUT2D eigenvalue weighted by atomic mass is 35.5. The van der Waals surface area contributed by atoms with Crippen molar-refractivity contribution in [1.82, 2.24) is 4.90 Å². The summed E-state index contributed by atoms with van der Waals surface area (Å²) in [6, 6.07) is 14.5. The molecule has 5 nitrogen and oxygen atoms in total. The summed E-state index contributed by atoms with van der Waals surface area (Å²) in [5.74, 6) is -0.707. The van der Waals surface area contributed by atoms with Gasteiger partial charge in [0, 0.05) is 17.8 Å². The summed E-state index contributed by atoms with van der Waals surface area (Å²) in [4.78, 5) is 26.9. The fourth-order valence-electron chi connectivity index (χ4n) is 2.74. The lowest BCUT2D eigenvalue weighted by atomic mass is 10.0.